The number of carbonyl (C=O) groups is 2. The minimum atomic E-state index is -2.45. The van der Waals surface area contributed by atoms with Crippen molar-refractivity contribution in [3.05, 3.63) is 23.8 Å². The topological polar surface area (TPSA) is 92.7 Å². The normalized spacial score (nSPS) is 15.8. The zero-order valence-electron chi connectivity index (χ0n) is 7.22. The molecule has 1 aliphatic rings. The molecule has 1 aromatic carbocycles. The molecule has 0 aromatic heterocycles. The number of hydrogen-bond acceptors (Lipinski definition) is 4. The minimum Gasteiger partial charge on any atom is -0.380 e. The number of amides is 1. The van der Waals surface area contributed by atoms with Crippen LogP contribution in [0.2, 0.25) is 0 Å². The van der Waals surface area contributed by atoms with Crippen LogP contribution in [0.1, 0.15) is 10.4 Å². The molecule has 1 amide bonds. The summed E-state index contributed by atoms with van der Waals surface area (Å²) in [5.41, 5.74) is 0.518. The van der Waals surface area contributed by atoms with E-state index in [2.05, 4.69) is 9.50 Å². The van der Waals surface area contributed by atoms with E-state index in [1.807, 2.05) is 0 Å². The molecule has 1 aliphatic heterocycles. The number of ketones is 1. The fraction of sp³-hybridized carbons (Fsp3) is 0. The predicted octanol–water partition coefficient (Wildman–Crippen LogP) is 0.337. The van der Waals surface area contributed by atoms with Crippen LogP contribution >= 0.6 is 0 Å². The molecular formula is C8H5NO5S. The average Bonchev–Trinajstić information content (AvgIpc) is 2.43. The first-order valence-electron chi connectivity index (χ1n) is 3.87. The van der Waals surface area contributed by atoms with Crippen molar-refractivity contribution < 1.29 is 22.5 Å². The van der Waals surface area contributed by atoms with Crippen LogP contribution in [0.15, 0.2) is 18.2 Å². The third kappa shape index (κ3) is 1.74. The van der Waals surface area contributed by atoms with Gasteiger partial charge in [0.2, 0.25) is 0 Å². The van der Waals surface area contributed by atoms with E-state index in [4.69, 9.17) is 4.55 Å². The molecule has 1 aromatic rings. The van der Waals surface area contributed by atoms with Crippen LogP contribution in [0, 0.1) is 0 Å². The summed E-state index contributed by atoms with van der Waals surface area (Å²) in [5, 5.41) is 2.35. The van der Waals surface area contributed by atoms with E-state index in [-0.39, 0.29) is 11.3 Å². The highest BCUT2D eigenvalue weighted by Gasteiger charge is 2.28. The molecule has 0 spiro atoms. The van der Waals surface area contributed by atoms with Gasteiger partial charge in [-0.25, -0.2) is 0 Å². The molecule has 2 N–H and O–H groups in total. The highest BCUT2D eigenvalue weighted by atomic mass is 32.2. The van der Waals surface area contributed by atoms with Gasteiger partial charge in [-0.15, -0.1) is 0 Å². The fourth-order valence-corrected chi connectivity index (χ4v) is 1.52. The number of anilines is 1. The summed E-state index contributed by atoms with van der Waals surface area (Å²) in [6.45, 7) is 0. The zero-order chi connectivity index (χ0) is 11.0. The molecule has 1 unspecified atom stereocenters. The highest BCUT2D eigenvalue weighted by Crippen LogP contribution is 2.27. The lowest BCUT2D eigenvalue weighted by atomic mass is 10.1. The van der Waals surface area contributed by atoms with Crippen molar-refractivity contribution in [3.63, 3.8) is 0 Å². The van der Waals surface area contributed by atoms with Crippen molar-refractivity contribution in [2.24, 2.45) is 0 Å². The summed E-state index contributed by atoms with van der Waals surface area (Å²) in [5.74, 6) is -1.34. The third-order valence-corrected chi connectivity index (χ3v) is 2.19. The van der Waals surface area contributed by atoms with Gasteiger partial charge in [-0.3, -0.25) is 14.1 Å². The number of hydrogen-bond donors (Lipinski definition) is 2. The molecule has 6 nitrogen and oxygen atoms in total. The van der Waals surface area contributed by atoms with Crippen molar-refractivity contribution >= 4 is 28.7 Å². The van der Waals surface area contributed by atoms with Crippen molar-refractivity contribution in [1.29, 1.82) is 0 Å². The maximum Gasteiger partial charge on any atom is 0.357 e. The number of benzene rings is 1. The second kappa shape index (κ2) is 3.44. The van der Waals surface area contributed by atoms with E-state index < -0.39 is 23.1 Å². The van der Waals surface area contributed by atoms with Gasteiger partial charge in [-0.2, -0.15) is 4.21 Å². The monoisotopic (exact) mass is 227 g/mol. The summed E-state index contributed by atoms with van der Waals surface area (Å²) >= 11 is -2.45. The number of fused-ring (bicyclic) bond motifs is 1. The number of carbonyl (C=O) groups excluding carboxylic acids is 2. The summed E-state index contributed by atoms with van der Waals surface area (Å²) in [7, 11) is 0. The van der Waals surface area contributed by atoms with Crippen molar-refractivity contribution in [2.45, 2.75) is 0 Å². The Hall–Kier alpha value is -1.73. The molecule has 0 bridgehead atoms. The van der Waals surface area contributed by atoms with Crippen LogP contribution in [0.4, 0.5) is 5.69 Å². The molecule has 0 aliphatic carbocycles. The van der Waals surface area contributed by atoms with Gasteiger partial charge in [0.1, 0.15) is 5.75 Å². The van der Waals surface area contributed by atoms with Gasteiger partial charge in [0.05, 0.1) is 11.3 Å². The van der Waals surface area contributed by atoms with Gasteiger partial charge >= 0.3 is 11.4 Å². The summed E-state index contributed by atoms with van der Waals surface area (Å²) in [4.78, 5) is 22.2. The van der Waals surface area contributed by atoms with Gasteiger partial charge in [-0.1, -0.05) is 0 Å². The second-order valence-electron chi connectivity index (χ2n) is 2.79. The average molecular weight is 227 g/mol. The molecule has 15 heavy (non-hydrogen) atoms. The summed E-state index contributed by atoms with van der Waals surface area (Å²) in [6, 6.07) is 4.05. The number of rotatable bonds is 2. The standard InChI is InChI=1S/C8H5NO5S/c10-7-5-3-4(14-15(12)13)1-2-6(5)9-8(7)11/h1-3H,(H,12,13)(H,9,10,11). The van der Waals surface area contributed by atoms with Crippen molar-refractivity contribution in [3.8, 4) is 5.75 Å². The predicted molar refractivity (Wildman–Crippen MR) is 50.8 cm³/mol. The molecule has 0 radical (unpaired) electrons. The van der Waals surface area contributed by atoms with Gasteiger partial charge in [0, 0.05) is 0 Å². The first kappa shape index (κ1) is 9.81. The lowest BCUT2D eigenvalue weighted by Gasteiger charge is -2.01. The zero-order valence-corrected chi connectivity index (χ0v) is 8.04. The van der Waals surface area contributed by atoms with Crippen LogP contribution in [0.5, 0.6) is 5.75 Å². The van der Waals surface area contributed by atoms with Gasteiger partial charge in [-0.05, 0) is 18.2 Å². The van der Waals surface area contributed by atoms with E-state index in [1.165, 1.54) is 18.2 Å². The Morgan fingerprint density at radius 2 is 2.07 bits per heavy atom. The quantitative estimate of drug-likeness (QED) is 0.561. The Morgan fingerprint density at radius 3 is 2.73 bits per heavy atom. The van der Waals surface area contributed by atoms with Crippen LogP contribution in [0.3, 0.4) is 0 Å². The second-order valence-corrected chi connectivity index (χ2v) is 3.39. The van der Waals surface area contributed by atoms with E-state index in [0.29, 0.717) is 5.69 Å². The van der Waals surface area contributed by atoms with Gasteiger partial charge < -0.3 is 9.50 Å². The molecule has 7 heteroatoms. The smallest absolute Gasteiger partial charge is 0.357 e. The van der Waals surface area contributed by atoms with E-state index in [0.717, 1.165) is 0 Å². The summed E-state index contributed by atoms with van der Waals surface area (Å²) < 4.78 is 23.3. The lowest BCUT2D eigenvalue weighted by Crippen LogP contribution is -2.12. The molecule has 78 valence electrons. The molecular weight excluding hydrogens is 222 g/mol. The lowest BCUT2D eigenvalue weighted by molar-refractivity contribution is -0.112. The molecule has 1 heterocycles. The molecule has 0 saturated heterocycles. The highest BCUT2D eigenvalue weighted by molar-refractivity contribution is 7.74. The van der Waals surface area contributed by atoms with E-state index in [9.17, 15) is 13.8 Å². The Bertz CT molecular complexity index is 484. The molecule has 2 rings (SSSR count). The van der Waals surface area contributed by atoms with Crippen LogP contribution in [0.25, 0.3) is 0 Å². The Morgan fingerprint density at radius 1 is 1.33 bits per heavy atom. The molecule has 0 fully saturated rings. The number of Topliss-reactive ketones (excluding diaryl/α,β-unsaturated/α-hetero) is 1. The largest absolute Gasteiger partial charge is 0.380 e. The first-order valence-corrected chi connectivity index (χ1v) is 4.90. The maximum atomic E-state index is 11.2. The first-order chi connectivity index (χ1) is 7.08. The van der Waals surface area contributed by atoms with E-state index in [1.54, 1.807) is 0 Å². The molecule has 0 saturated carbocycles. The Kier molecular flexibility index (Phi) is 2.25. The fourth-order valence-electron chi connectivity index (χ4n) is 1.26. The van der Waals surface area contributed by atoms with Gasteiger partial charge in [0.15, 0.2) is 0 Å². The number of nitrogens with one attached hydrogen (secondary N) is 1. The van der Waals surface area contributed by atoms with Gasteiger partial charge in [0.25, 0.3) is 11.7 Å². The summed E-state index contributed by atoms with van der Waals surface area (Å²) in [6.07, 6.45) is 0. The molecule has 1 atom stereocenters. The van der Waals surface area contributed by atoms with E-state index >= 15 is 0 Å². The van der Waals surface area contributed by atoms with Crippen LogP contribution < -0.4 is 9.50 Å². The SMILES string of the molecule is O=C1Nc2ccc(OS(=O)O)cc2C1=O. The van der Waals surface area contributed by atoms with Crippen molar-refractivity contribution in [1.82, 2.24) is 0 Å². The third-order valence-electron chi connectivity index (χ3n) is 1.86. The van der Waals surface area contributed by atoms with Crippen LogP contribution in [-0.2, 0) is 16.2 Å². The maximum absolute atomic E-state index is 11.2. The van der Waals surface area contributed by atoms with Crippen molar-refractivity contribution in [2.75, 3.05) is 5.32 Å². The minimum absolute atomic E-state index is 0.0550. The van der Waals surface area contributed by atoms with Crippen LogP contribution in [-0.4, -0.2) is 20.5 Å². The Balaban J connectivity index is 2.39. The Labute approximate surface area is 86.7 Å².